The molecule has 2 aromatic carbocycles. The maximum atomic E-state index is 4.78. The van der Waals surface area contributed by atoms with Crippen LogP contribution in [0.1, 0.15) is 33.6 Å². The Hall–Kier alpha value is -2.82. The van der Waals surface area contributed by atoms with Crippen LogP contribution in [-0.4, -0.2) is 35.0 Å². The van der Waals surface area contributed by atoms with Gasteiger partial charge in [0.05, 0.1) is 11.0 Å². The average Bonchev–Trinajstić information content (AvgIpc) is 2.81. The monoisotopic (exact) mass is 410 g/mol. The fourth-order valence-corrected chi connectivity index (χ4v) is 4.88. The van der Waals surface area contributed by atoms with Crippen LogP contribution in [0, 0.1) is 13.8 Å². The maximum Gasteiger partial charge on any atom is 0.0708 e. The van der Waals surface area contributed by atoms with Crippen molar-refractivity contribution in [1.82, 2.24) is 20.2 Å². The highest BCUT2D eigenvalue weighted by atomic mass is 15.1. The summed E-state index contributed by atoms with van der Waals surface area (Å²) in [5.41, 5.74) is 10.5. The van der Waals surface area contributed by atoms with E-state index in [4.69, 9.17) is 9.97 Å². The lowest BCUT2D eigenvalue weighted by molar-refractivity contribution is 0.309. The van der Waals surface area contributed by atoms with E-state index in [9.17, 15) is 0 Å². The first-order valence-corrected chi connectivity index (χ1v) is 11.3. The zero-order valence-corrected chi connectivity index (χ0v) is 18.7. The quantitative estimate of drug-likeness (QED) is 0.455. The number of aryl methyl sites for hydroxylation is 2. The molecule has 2 aromatic heterocycles. The van der Waals surface area contributed by atoms with Gasteiger partial charge in [-0.15, -0.1) is 0 Å². The second kappa shape index (κ2) is 8.37. The highest BCUT2D eigenvalue weighted by molar-refractivity contribution is 5.84. The molecule has 4 heterocycles. The predicted molar refractivity (Wildman–Crippen MR) is 128 cm³/mol. The van der Waals surface area contributed by atoms with Gasteiger partial charge >= 0.3 is 0 Å². The Labute approximate surface area is 184 Å². The predicted octanol–water partition coefficient (Wildman–Crippen LogP) is 4.72. The van der Waals surface area contributed by atoms with Gasteiger partial charge in [-0.1, -0.05) is 36.4 Å². The molecule has 0 amide bonds. The van der Waals surface area contributed by atoms with Gasteiger partial charge in [0.15, 0.2) is 0 Å². The number of fused-ring (bicyclic) bond motifs is 4. The molecule has 2 aliphatic rings. The summed E-state index contributed by atoms with van der Waals surface area (Å²) < 4.78 is 0. The number of benzene rings is 2. The summed E-state index contributed by atoms with van der Waals surface area (Å²) in [5, 5.41) is 6.00. The standard InChI is InChI=1S/C14H16N2.C13H14N2/c1-10-11-5-3-4-6-13(11)15-14-7-8-16(2)9-12(10)14;1-9-10-4-2-3-5-12(10)15-13-6-7-14-8-11(9)13/h3-6H,7-9H2,1-2H3;2-5,14H,6-8H2,1H3. The van der Waals surface area contributed by atoms with E-state index >= 15 is 0 Å². The van der Waals surface area contributed by atoms with Crippen LogP contribution < -0.4 is 5.32 Å². The average molecular weight is 411 g/mol. The van der Waals surface area contributed by atoms with Crippen LogP contribution in [0.4, 0.5) is 0 Å². The summed E-state index contributed by atoms with van der Waals surface area (Å²) in [7, 11) is 2.18. The summed E-state index contributed by atoms with van der Waals surface area (Å²) in [5.74, 6) is 0. The molecule has 0 spiro atoms. The molecule has 6 rings (SSSR count). The molecule has 0 aliphatic carbocycles. The molecular formula is C27H30N4. The lowest BCUT2D eigenvalue weighted by atomic mass is 9.97. The van der Waals surface area contributed by atoms with E-state index in [0.29, 0.717) is 0 Å². The van der Waals surface area contributed by atoms with Crippen LogP contribution in [-0.2, 0) is 25.9 Å². The number of para-hydroxylation sites is 2. The third kappa shape index (κ3) is 3.82. The first-order valence-electron chi connectivity index (χ1n) is 11.3. The van der Waals surface area contributed by atoms with Crippen molar-refractivity contribution in [2.75, 3.05) is 20.1 Å². The zero-order valence-electron chi connectivity index (χ0n) is 18.7. The number of hydrogen-bond donors (Lipinski definition) is 1. The van der Waals surface area contributed by atoms with Crippen molar-refractivity contribution in [3.63, 3.8) is 0 Å². The number of hydrogen-bond acceptors (Lipinski definition) is 4. The van der Waals surface area contributed by atoms with Crippen LogP contribution >= 0.6 is 0 Å². The van der Waals surface area contributed by atoms with Crippen LogP contribution in [0.2, 0.25) is 0 Å². The minimum absolute atomic E-state index is 0.971. The molecule has 0 bridgehead atoms. The van der Waals surface area contributed by atoms with Crippen molar-refractivity contribution in [3.8, 4) is 0 Å². The molecule has 4 aromatic rings. The second-order valence-corrected chi connectivity index (χ2v) is 8.77. The van der Waals surface area contributed by atoms with Gasteiger partial charge in [-0.2, -0.15) is 0 Å². The van der Waals surface area contributed by atoms with E-state index in [2.05, 4.69) is 79.6 Å². The summed E-state index contributed by atoms with van der Waals surface area (Å²) in [6, 6.07) is 16.8. The van der Waals surface area contributed by atoms with Crippen molar-refractivity contribution in [2.45, 2.75) is 39.8 Å². The first-order chi connectivity index (χ1) is 15.1. The van der Waals surface area contributed by atoms with Crippen LogP contribution in [0.25, 0.3) is 21.8 Å². The van der Waals surface area contributed by atoms with Crippen molar-refractivity contribution in [2.24, 2.45) is 0 Å². The lowest BCUT2D eigenvalue weighted by Crippen LogP contribution is -2.28. The molecule has 0 radical (unpaired) electrons. The Morgan fingerprint density at radius 1 is 0.774 bits per heavy atom. The summed E-state index contributed by atoms with van der Waals surface area (Å²) >= 11 is 0. The molecule has 1 N–H and O–H groups in total. The molecule has 0 unspecified atom stereocenters. The Morgan fingerprint density at radius 3 is 2.03 bits per heavy atom. The smallest absolute Gasteiger partial charge is 0.0708 e. The fraction of sp³-hybridized carbons (Fsp3) is 0.333. The van der Waals surface area contributed by atoms with Gasteiger partial charge < -0.3 is 10.2 Å². The third-order valence-electron chi connectivity index (χ3n) is 6.73. The minimum Gasteiger partial charge on any atom is -0.312 e. The number of rotatable bonds is 0. The maximum absolute atomic E-state index is 4.78. The van der Waals surface area contributed by atoms with Gasteiger partial charge in [-0.25, -0.2) is 0 Å². The molecule has 31 heavy (non-hydrogen) atoms. The highest BCUT2D eigenvalue weighted by Crippen LogP contribution is 2.27. The Balaban J connectivity index is 0.000000132. The molecule has 0 atom stereocenters. The Bertz CT molecular complexity index is 1260. The van der Waals surface area contributed by atoms with Gasteiger partial charge in [0.2, 0.25) is 0 Å². The first kappa shape index (κ1) is 20.1. The fourth-order valence-electron chi connectivity index (χ4n) is 4.88. The number of nitrogens with zero attached hydrogens (tertiary/aromatic N) is 3. The molecule has 0 saturated carbocycles. The molecule has 4 heteroatoms. The van der Waals surface area contributed by atoms with Gasteiger partial charge in [0, 0.05) is 61.2 Å². The lowest BCUT2D eigenvalue weighted by Gasteiger charge is -2.26. The van der Waals surface area contributed by atoms with E-state index in [1.54, 1.807) is 0 Å². The topological polar surface area (TPSA) is 41.1 Å². The molecule has 2 aliphatic heterocycles. The molecule has 158 valence electrons. The number of aromatic nitrogens is 2. The van der Waals surface area contributed by atoms with E-state index < -0.39 is 0 Å². The molecule has 0 saturated heterocycles. The van der Waals surface area contributed by atoms with E-state index in [-0.39, 0.29) is 0 Å². The van der Waals surface area contributed by atoms with E-state index in [1.807, 2.05) is 0 Å². The van der Waals surface area contributed by atoms with Crippen molar-refractivity contribution in [1.29, 1.82) is 0 Å². The van der Waals surface area contributed by atoms with Crippen molar-refractivity contribution in [3.05, 3.63) is 82.2 Å². The van der Waals surface area contributed by atoms with Crippen LogP contribution in [0.5, 0.6) is 0 Å². The summed E-state index contributed by atoms with van der Waals surface area (Å²) in [6.45, 7) is 8.62. The van der Waals surface area contributed by atoms with Gasteiger partial charge in [-0.05, 0) is 55.3 Å². The zero-order chi connectivity index (χ0) is 21.4. The second-order valence-electron chi connectivity index (χ2n) is 8.77. The van der Waals surface area contributed by atoms with Crippen molar-refractivity contribution < 1.29 is 0 Å². The number of nitrogens with one attached hydrogen (secondary N) is 1. The largest absolute Gasteiger partial charge is 0.312 e. The van der Waals surface area contributed by atoms with E-state index in [0.717, 1.165) is 50.1 Å². The Kier molecular flexibility index (Phi) is 5.43. The van der Waals surface area contributed by atoms with Crippen LogP contribution in [0.3, 0.4) is 0 Å². The summed E-state index contributed by atoms with van der Waals surface area (Å²) in [6.07, 6.45) is 2.14. The van der Waals surface area contributed by atoms with Crippen molar-refractivity contribution >= 4 is 21.8 Å². The third-order valence-corrected chi connectivity index (χ3v) is 6.73. The molecule has 4 nitrogen and oxygen atoms in total. The normalized spacial score (nSPS) is 15.8. The number of likely N-dealkylation sites (N-methyl/N-ethyl adjacent to an activating group) is 1. The van der Waals surface area contributed by atoms with E-state index in [1.165, 1.54) is 44.4 Å². The minimum atomic E-state index is 0.971. The molecule has 0 fully saturated rings. The van der Waals surface area contributed by atoms with Gasteiger partial charge in [0.25, 0.3) is 0 Å². The van der Waals surface area contributed by atoms with Gasteiger partial charge in [-0.3, -0.25) is 9.97 Å². The van der Waals surface area contributed by atoms with Gasteiger partial charge in [0.1, 0.15) is 0 Å². The summed E-state index contributed by atoms with van der Waals surface area (Å²) in [4.78, 5) is 11.9. The molecular weight excluding hydrogens is 380 g/mol. The highest BCUT2D eigenvalue weighted by Gasteiger charge is 2.18. The number of pyridine rings is 2. The SMILES string of the molecule is Cc1c2c(nc3ccccc13)CCN(C)C2.Cc1c2c(nc3ccccc13)CCNC2. The Morgan fingerprint density at radius 2 is 1.35 bits per heavy atom. The van der Waals surface area contributed by atoms with Crippen LogP contribution in [0.15, 0.2) is 48.5 Å².